The Balaban J connectivity index is 2.33. The molecule has 1 aromatic rings. The monoisotopic (exact) mass is 191 g/mol. The summed E-state index contributed by atoms with van der Waals surface area (Å²) in [6.45, 7) is 6.49. The predicted octanol–water partition coefficient (Wildman–Crippen LogP) is 2.42. The van der Waals surface area contributed by atoms with Gasteiger partial charge in [-0.05, 0) is 13.8 Å². The fraction of sp³-hybridized carbons (Fsp3) is 0.500. The molecule has 0 amide bonds. The second-order valence-electron chi connectivity index (χ2n) is 4.11. The topological polar surface area (TPSA) is 12.5 Å². The molecule has 0 saturated heterocycles. The third-order valence-electron chi connectivity index (χ3n) is 2.86. The number of hydrogen-bond acceptors (Lipinski definition) is 2. The smallest absolute Gasteiger partial charge is 0.127 e. The maximum Gasteiger partial charge on any atom is 0.127 e. The van der Waals surface area contributed by atoms with Crippen molar-refractivity contribution in [2.45, 2.75) is 33.0 Å². The van der Waals surface area contributed by atoms with Crippen LogP contribution in [-0.4, -0.2) is 18.1 Å². The Morgan fingerprint density at radius 3 is 2.21 bits per heavy atom. The normalized spacial score (nSPS) is 16.0. The number of para-hydroxylation sites is 1. The van der Waals surface area contributed by atoms with E-state index >= 15 is 0 Å². The summed E-state index contributed by atoms with van der Waals surface area (Å²) in [6.07, 6.45) is 0. The zero-order valence-electron chi connectivity index (χ0n) is 9.08. The van der Waals surface area contributed by atoms with E-state index in [1.807, 2.05) is 0 Å². The molecule has 2 rings (SSSR count). The molecular formula is C12H17NO. The van der Waals surface area contributed by atoms with Crippen LogP contribution >= 0.6 is 0 Å². The summed E-state index contributed by atoms with van der Waals surface area (Å²) in [7, 11) is 1.76. The van der Waals surface area contributed by atoms with E-state index in [1.165, 1.54) is 11.1 Å². The van der Waals surface area contributed by atoms with Crippen LogP contribution in [0.25, 0.3) is 0 Å². The second kappa shape index (κ2) is 3.62. The van der Waals surface area contributed by atoms with Crippen molar-refractivity contribution in [2.24, 2.45) is 0 Å². The molecule has 2 bridgehead atoms. The van der Waals surface area contributed by atoms with Crippen molar-refractivity contribution < 1.29 is 4.74 Å². The second-order valence-corrected chi connectivity index (χ2v) is 4.11. The van der Waals surface area contributed by atoms with E-state index in [0.29, 0.717) is 6.04 Å². The van der Waals surface area contributed by atoms with Gasteiger partial charge in [-0.3, -0.25) is 4.90 Å². The number of hydrogen-bond donors (Lipinski definition) is 0. The molecule has 1 aliphatic rings. The van der Waals surface area contributed by atoms with E-state index < -0.39 is 0 Å². The molecule has 0 N–H and O–H groups in total. The first-order chi connectivity index (χ1) is 6.72. The molecule has 2 heteroatoms. The molecule has 2 nitrogen and oxygen atoms in total. The Labute approximate surface area is 85.5 Å². The predicted molar refractivity (Wildman–Crippen MR) is 57.4 cm³/mol. The van der Waals surface area contributed by atoms with Crippen molar-refractivity contribution in [3.8, 4) is 5.75 Å². The average Bonchev–Trinajstić information content (AvgIpc) is 2.15. The third-order valence-corrected chi connectivity index (χ3v) is 2.86. The number of benzene rings is 1. The van der Waals surface area contributed by atoms with Crippen LogP contribution in [0.2, 0.25) is 0 Å². The molecule has 0 fully saturated rings. The van der Waals surface area contributed by atoms with Crippen LogP contribution in [0.15, 0.2) is 18.2 Å². The summed E-state index contributed by atoms with van der Waals surface area (Å²) in [4.78, 5) is 2.45. The molecule has 76 valence electrons. The van der Waals surface area contributed by atoms with Crippen LogP contribution in [0, 0.1) is 0 Å². The number of rotatable bonds is 2. The van der Waals surface area contributed by atoms with Crippen molar-refractivity contribution >= 4 is 0 Å². The summed E-state index contributed by atoms with van der Waals surface area (Å²) in [5.74, 6) is 1.09. The summed E-state index contributed by atoms with van der Waals surface area (Å²) < 4.78 is 5.42. The van der Waals surface area contributed by atoms with Gasteiger partial charge in [-0.15, -0.1) is 0 Å². The molecular weight excluding hydrogens is 174 g/mol. The Hall–Kier alpha value is -1.02. The Morgan fingerprint density at radius 2 is 1.79 bits per heavy atom. The third kappa shape index (κ3) is 1.50. The van der Waals surface area contributed by atoms with Gasteiger partial charge in [0, 0.05) is 30.3 Å². The lowest BCUT2D eigenvalue weighted by Crippen LogP contribution is -2.32. The molecule has 0 atom stereocenters. The van der Waals surface area contributed by atoms with Crippen molar-refractivity contribution in [1.82, 2.24) is 4.90 Å². The fourth-order valence-corrected chi connectivity index (χ4v) is 2.01. The molecule has 0 aromatic heterocycles. The van der Waals surface area contributed by atoms with E-state index in [-0.39, 0.29) is 0 Å². The minimum absolute atomic E-state index is 0.596. The average molecular weight is 191 g/mol. The minimum Gasteiger partial charge on any atom is -0.496 e. The highest BCUT2D eigenvalue weighted by molar-refractivity contribution is 5.43. The summed E-state index contributed by atoms with van der Waals surface area (Å²) in [6, 6.07) is 7.01. The molecule has 0 saturated carbocycles. The lowest BCUT2D eigenvalue weighted by Gasteiger charge is -2.32. The molecule has 1 aliphatic heterocycles. The zero-order valence-corrected chi connectivity index (χ0v) is 9.08. The van der Waals surface area contributed by atoms with Crippen LogP contribution < -0.4 is 4.74 Å². The first-order valence-corrected chi connectivity index (χ1v) is 5.11. The van der Waals surface area contributed by atoms with E-state index in [2.05, 4.69) is 36.9 Å². The van der Waals surface area contributed by atoms with Gasteiger partial charge in [0.2, 0.25) is 0 Å². The fourth-order valence-electron chi connectivity index (χ4n) is 2.01. The highest BCUT2D eigenvalue weighted by Gasteiger charge is 2.21. The molecule has 0 aliphatic carbocycles. The van der Waals surface area contributed by atoms with Crippen molar-refractivity contribution in [2.75, 3.05) is 7.11 Å². The molecule has 1 heterocycles. The number of nitrogens with zero attached hydrogens (tertiary/aromatic N) is 1. The van der Waals surface area contributed by atoms with Crippen LogP contribution in [0.5, 0.6) is 5.75 Å². The van der Waals surface area contributed by atoms with Crippen molar-refractivity contribution in [3.63, 3.8) is 0 Å². The van der Waals surface area contributed by atoms with E-state index in [1.54, 1.807) is 7.11 Å². The van der Waals surface area contributed by atoms with Crippen molar-refractivity contribution in [3.05, 3.63) is 29.3 Å². The molecule has 1 aromatic carbocycles. The standard InChI is InChI=1S/C12H17NO/c1-9(2)13-7-10-5-4-6-11(8-13)12(10)14-3/h4-6,9H,7-8H2,1-3H3. The number of ether oxygens (including phenoxy) is 1. The summed E-state index contributed by atoms with van der Waals surface area (Å²) >= 11 is 0. The van der Waals surface area contributed by atoms with Gasteiger partial charge in [-0.2, -0.15) is 0 Å². The summed E-state index contributed by atoms with van der Waals surface area (Å²) in [5, 5.41) is 0. The lowest BCUT2D eigenvalue weighted by atomic mass is 10.0. The highest BCUT2D eigenvalue weighted by atomic mass is 16.5. The van der Waals surface area contributed by atoms with Gasteiger partial charge in [-0.1, -0.05) is 18.2 Å². The Bertz CT molecular complexity index is 309. The highest BCUT2D eigenvalue weighted by Crippen LogP contribution is 2.32. The Morgan fingerprint density at radius 1 is 1.21 bits per heavy atom. The van der Waals surface area contributed by atoms with Crippen LogP contribution in [0.3, 0.4) is 0 Å². The van der Waals surface area contributed by atoms with E-state index in [4.69, 9.17) is 4.74 Å². The first kappa shape index (κ1) is 9.53. The van der Waals surface area contributed by atoms with Crippen LogP contribution in [0.1, 0.15) is 25.0 Å². The lowest BCUT2D eigenvalue weighted by molar-refractivity contribution is 0.187. The SMILES string of the molecule is COc1c2cccc1CN(C(C)C)C2. The Kier molecular flexibility index (Phi) is 2.46. The van der Waals surface area contributed by atoms with E-state index in [0.717, 1.165) is 18.8 Å². The van der Waals surface area contributed by atoms with E-state index in [9.17, 15) is 0 Å². The maximum atomic E-state index is 5.42. The van der Waals surface area contributed by atoms with Gasteiger partial charge in [0.15, 0.2) is 0 Å². The van der Waals surface area contributed by atoms with Gasteiger partial charge in [-0.25, -0.2) is 0 Å². The molecule has 0 radical (unpaired) electrons. The van der Waals surface area contributed by atoms with Gasteiger partial charge < -0.3 is 4.74 Å². The number of fused-ring (bicyclic) bond motifs is 2. The van der Waals surface area contributed by atoms with Crippen molar-refractivity contribution in [1.29, 1.82) is 0 Å². The molecule has 0 unspecified atom stereocenters. The molecule has 0 spiro atoms. The van der Waals surface area contributed by atoms with Gasteiger partial charge >= 0.3 is 0 Å². The van der Waals surface area contributed by atoms with Gasteiger partial charge in [0.05, 0.1) is 7.11 Å². The van der Waals surface area contributed by atoms with Gasteiger partial charge in [0.1, 0.15) is 5.75 Å². The quantitative estimate of drug-likeness (QED) is 0.711. The zero-order chi connectivity index (χ0) is 10.1. The van der Waals surface area contributed by atoms with Crippen LogP contribution in [0.4, 0.5) is 0 Å². The van der Waals surface area contributed by atoms with Gasteiger partial charge in [0.25, 0.3) is 0 Å². The van der Waals surface area contributed by atoms with Crippen LogP contribution in [-0.2, 0) is 13.1 Å². The molecule has 14 heavy (non-hydrogen) atoms. The maximum absolute atomic E-state index is 5.42. The minimum atomic E-state index is 0.596. The summed E-state index contributed by atoms with van der Waals surface area (Å²) in [5.41, 5.74) is 2.62. The number of methoxy groups -OCH3 is 1. The first-order valence-electron chi connectivity index (χ1n) is 5.11. The largest absolute Gasteiger partial charge is 0.496 e.